The van der Waals surface area contributed by atoms with Crippen LogP contribution in [0.3, 0.4) is 0 Å². The van der Waals surface area contributed by atoms with E-state index in [4.69, 9.17) is 23.2 Å². The van der Waals surface area contributed by atoms with Gasteiger partial charge in [0.25, 0.3) is 0 Å². The van der Waals surface area contributed by atoms with Crippen LogP contribution in [0, 0.1) is 5.82 Å². The first kappa shape index (κ1) is 27.9. The second-order valence-electron chi connectivity index (χ2n) is 8.11. The molecule has 0 radical (unpaired) electrons. The predicted octanol–water partition coefficient (Wildman–Crippen LogP) is 4.23. The average Bonchev–Trinajstić information content (AvgIpc) is 2.72. The molecule has 0 unspecified atom stereocenters. The summed E-state index contributed by atoms with van der Waals surface area (Å²) in [4.78, 5) is 27.7. The molecule has 2 amide bonds. The van der Waals surface area contributed by atoms with E-state index in [1.165, 1.54) is 23.1 Å². The number of hydrogen-bond acceptors (Lipinski definition) is 4. The van der Waals surface area contributed by atoms with E-state index in [1.807, 2.05) is 0 Å². The van der Waals surface area contributed by atoms with Crippen LogP contribution in [0.5, 0.6) is 0 Å². The van der Waals surface area contributed by atoms with Gasteiger partial charge in [-0.1, -0.05) is 42.3 Å². The van der Waals surface area contributed by atoms with E-state index in [2.05, 4.69) is 5.32 Å². The summed E-state index contributed by atoms with van der Waals surface area (Å²) < 4.78 is 39.6. The number of nitrogens with zero attached hydrogens (tertiary/aromatic N) is 2. The highest BCUT2D eigenvalue weighted by atomic mass is 35.5. The second-order valence-corrected chi connectivity index (χ2v) is 10.8. The molecule has 0 heterocycles. The highest BCUT2D eigenvalue weighted by molar-refractivity contribution is 7.92. The van der Waals surface area contributed by atoms with Crippen LogP contribution in [0.4, 0.5) is 10.1 Å². The molecule has 0 saturated heterocycles. The van der Waals surface area contributed by atoms with Crippen molar-refractivity contribution in [2.45, 2.75) is 45.8 Å². The SMILES string of the molecule is CC[C@H](C(=O)NC(C)C)N(Cc1ccc(Cl)c(Cl)c1)C(=O)CN(c1cccc(F)c1)S(C)(=O)=O. The van der Waals surface area contributed by atoms with Gasteiger partial charge in [-0.3, -0.25) is 13.9 Å². The lowest BCUT2D eigenvalue weighted by molar-refractivity contribution is -0.140. The maximum Gasteiger partial charge on any atom is 0.244 e. The Morgan fingerprint density at radius 1 is 1.09 bits per heavy atom. The molecule has 0 spiro atoms. The smallest absolute Gasteiger partial charge is 0.244 e. The Balaban J connectivity index is 2.46. The summed E-state index contributed by atoms with van der Waals surface area (Å²) in [7, 11) is -3.94. The Bertz CT molecular complexity index is 1140. The molecule has 2 rings (SSSR count). The number of halogens is 3. The summed E-state index contributed by atoms with van der Waals surface area (Å²) in [6, 6.07) is 8.73. The monoisotopic (exact) mass is 531 g/mol. The Labute approximate surface area is 209 Å². The number of sulfonamides is 1. The third-order valence-corrected chi connectivity index (χ3v) is 6.81. The summed E-state index contributed by atoms with van der Waals surface area (Å²) in [5, 5.41) is 3.41. The van der Waals surface area contributed by atoms with Crippen molar-refractivity contribution >= 4 is 50.7 Å². The van der Waals surface area contributed by atoms with Crippen LogP contribution in [0.25, 0.3) is 0 Å². The van der Waals surface area contributed by atoms with E-state index in [-0.39, 0.29) is 35.6 Å². The van der Waals surface area contributed by atoms with E-state index < -0.39 is 34.3 Å². The molecule has 1 atom stereocenters. The minimum absolute atomic E-state index is 0.00465. The van der Waals surface area contributed by atoms with Crippen LogP contribution in [-0.2, 0) is 26.2 Å². The molecule has 11 heteroatoms. The van der Waals surface area contributed by atoms with Gasteiger partial charge >= 0.3 is 0 Å². The number of rotatable bonds is 10. The summed E-state index contributed by atoms with van der Waals surface area (Å²) in [5.74, 6) is -1.65. The number of hydrogen-bond donors (Lipinski definition) is 1. The number of carbonyl (C=O) groups is 2. The van der Waals surface area contributed by atoms with Crippen LogP contribution in [0.1, 0.15) is 32.8 Å². The van der Waals surface area contributed by atoms with Crippen LogP contribution < -0.4 is 9.62 Å². The Morgan fingerprint density at radius 3 is 2.29 bits per heavy atom. The maximum absolute atomic E-state index is 13.8. The summed E-state index contributed by atoms with van der Waals surface area (Å²) in [5.41, 5.74) is 0.611. The standard InChI is InChI=1S/C23H28Cl2FN3O4S/c1-5-21(23(31)27-15(2)3)28(13-16-9-10-19(24)20(25)11-16)22(30)14-29(34(4,32)33)18-8-6-7-17(26)12-18/h6-12,15,21H,5,13-14H2,1-4H3,(H,27,31)/t21-/m1/s1. The van der Waals surface area contributed by atoms with Crippen LogP contribution in [-0.4, -0.2) is 50.0 Å². The molecule has 0 aromatic heterocycles. The van der Waals surface area contributed by atoms with Gasteiger partial charge in [-0.25, -0.2) is 12.8 Å². The number of carbonyl (C=O) groups excluding carboxylic acids is 2. The quantitative estimate of drug-likeness (QED) is 0.496. The summed E-state index contributed by atoms with van der Waals surface area (Å²) in [6.07, 6.45) is 1.21. The van der Waals surface area contributed by atoms with Crippen molar-refractivity contribution in [2.24, 2.45) is 0 Å². The average molecular weight is 532 g/mol. The molecule has 2 aromatic carbocycles. The topological polar surface area (TPSA) is 86.8 Å². The van der Waals surface area contributed by atoms with Gasteiger partial charge in [0.05, 0.1) is 22.0 Å². The minimum Gasteiger partial charge on any atom is -0.352 e. The molecule has 0 aliphatic rings. The number of anilines is 1. The van der Waals surface area contributed by atoms with Crippen molar-refractivity contribution in [1.82, 2.24) is 10.2 Å². The first-order valence-electron chi connectivity index (χ1n) is 10.6. The zero-order valence-corrected chi connectivity index (χ0v) is 21.7. The predicted molar refractivity (Wildman–Crippen MR) is 133 cm³/mol. The molecule has 2 aromatic rings. The first-order valence-corrected chi connectivity index (χ1v) is 13.2. The lowest BCUT2D eigenvalue weighted by atomic mass is 10.1. The van der Waals surface area contributed by atoms with Gasteiger partial charge in [-0.2, -0.15) is 0 Å². The molecular formula is C23H28Cl2FN3O4S. The molecule has 1 N–H and O–H groups in total. The molecule has 0 saturated carbocycles. The van der Waals surface area contributed by atoms with Crippen LogP contribution >= 0.6 is 23.2 Å². The largest absolute Gasteiger partial charge is 0.352 e. The molecular weight excluding hydrogens is 504 g/mol. The zero-order chi connectivity index (χ0) is 25.6. The van der Waals surface area contributed by atoms with Gasteiger partial charge in [-0.15, -0.1) is 0 Å². The minimum atomic E-state index is -3.94. The van der Waals surface area contributed by atoms with Crippen molar-refractivity contribution in [3.8, 4) is 0 Å². The number of benzene rings is 2. The fraction of sp³-hybridized carbons (Fsp3) is 0.391. The molecule has 0 aliphatic carbocycles. The van der Waals surface area contributed by atoms with Crippen LogP contribution in [0.15, 0.2) is 42.5 Å². The molecule has 0 aliphatic heterocycles. The molecule has 0 bridgehead atoms. The van der Waals surface area contributed by atoms with Crippen molar-refractivity contribution < 1.29 is 22.4 Å². The Hall–Kier alpha value is -2.36. The van der Waals surface area contributed by atoms with Crippen LogP contribution in [0.2, 0.25) is 10.0 Å². The van der Waals surface area contributed by atoms with Gasteiger partial charge in [0, 0.05) is 12.6 Å². The lowest BCUT2D eigenvalue weighted by Gasteiger charge is -2.33. The molecule has 0 fully saturated rings. The van der Waals surface area contributed by atoms with Crippen molar-refractivity contribution in [2.75, 3.05) is 17.1 Å². The van der Waals surface area contributed by atoms with Crippen molar-refractivity contribution in [3.05, 3.63) is 63.9 Å². The van der Waals surface area contributed by atoms with E-state index in [9.17, 15) is 22.4 Å². The van der Waals surface area contributed by atoms with Gasteiger partial charge < -0.3 is 10.2 Å². The van der Waals surface area contributed by atoms with Crippen molar-refractivity contribution in [1.29, 1.82) is 0 Å². The van der Waals surface area contributed by atoms with Gasteiger partial charge in [0.2, 0.25) is 21.8 Å². The Morgan fingerprint density at radius 2 is 1.76 bits per heavy atom. The molecule has 7 nitrogen and oxygen atoms in total. The normalized spacial score (nSPS) is 12.4. The van der Waals surface area contributed by atoms with E-state index in [0.717, 1.165) is 16.6 Å². The highest BCUT2D eigenvalue weighted by Gasteiger charge is 2.32. The lowest BCUT2D eigenvalue weighted by Crippen LogP contribution is -2.53. The molecule has 186 valence electrons. The zero-order valence-electron chi connectivity index (χ0n) is 19.4. The highest BCUT2D eigenvalue weighted by Crippen LogP contribution is 2.25. The summed E-state index contributed by atoms with van der Waals surface area (Å²) >= 11 is 12.1. The van der Waals surface area contributed by atoms with E-state index in [0.29, 0.717) is 10.6 Å². The third kappa shape index (κ3) is 7.58. The summed E-state index contributed by atoms with van der Waals surface area (Å²) in [6.45, 7) is 4.71. The first-order chi connectivity index (χ1) is 15.8. The van der Waals surface area contributed by atoms with Gasteiger partial charge in [0.1, 0.15) is 18.4 Å². The Kier molecular flexibility index (Phi) is 9.73. The fourth-order valence-electron chi connectivity index (χ4n) is 3.38. The maximum atomic E-state index is 13.8. The number of nitrogens with one attached hydrogen (secondary N) is 1. The van der Waals surface area contributed by atoms with Gasteiger partial charge in [-0.05, 0) is 56.2 Å². The molecule has 34 heavy (non-hydrogen) atoms. The second kappa shape index (κ2) is 11.9. The van der Waals surface area contributed by atoms with Gasteiger partial charge in [0.15, 0.2) is 0 Å². The fourth-order valence-corrected chi connectivity index (χ4v) is 4.54. The third-order valence-electron chi connectivity index (χ3n) is 4.93. The van der Waals surface area contributed by atoms with E-state index in [1.54, 1.807) is 39.0 Å². The van der Waals surface area contributed by atoms with E-state index >= 15 is 0 Å². The van der Waals surface area contributed by atoms with Crippen molar-refractivity contribution in [3.63, 3.8) is 0 Å². The number of amides is 2.